The number of aromatic nitrogens is 2. The lowest BCUT2D eigenvalue weighted by Crippen LogP contribution is -1.94. The Morgan fingerprint density at radius 3 is 1.38 bits per heavy atom. The fourth-order valence-electron chi connectivity index (χ4n) is 4.27. The van der Waals surface area contributed by atoms with E-state index in [-0.39, 0.29) is 0 Å². The predicted molar refractivity (Wildman–Crippen MR) is 104 cm³/mol. The van der Waals surface area contributed by atoms with Gasteiger partial charge in [0.2, 0.25) is 0 Å². The van der Waals surface area contributed by atoms with Crippen LogP contribution in [0, 0.1) is 0 Å². The van der Waals surface area contributed by atoms with E-state index in [2.05, 4.69) is 83.6 Å². The standard InChI is InChI=1S/C22H20N2/c1-3-23-19-11-7-5-9-15(19)17-14-22-18(13-21(17)23)16-10-6-8-12-20(16)24(22)4-2/h5-14H,3-4H2,1-2H3. The average Bonchev–Trinajstić information content (AvgIpc) is 3.11. The predicted octanol–water partition coefficient (Wildman–Crippen LogP) is 5.94. The molecular formula is C22H20N2. The van der Waals surface area contributed by atoms with Crippen LogP contribution >= 0.6 is 0 Å². The van der Waals surface area contributed by atoms with Crippen LogP contribution in [0.2, 0.25) is 0 Å². The Morgan fingerprint density at radius 1 is 0.542 bits per heavy atom. The molecule has 0 aliphatic carbocycles. The van der Waals surface area contributed by atoms with Crippen molar-refractivity contribution in [3.05, 3.63) is 60.7 Å². The fraction of sp³-hybridized carbons (Fsp3) is 0.182. The monoisotopic (exact) mass is 312 g/mol. The minimum Gasteiger partial charge on any atom is -0.341 e. The highest BCUT2D eigenvalue weighted by atomic mass is 15.0. The summed E-state index contributed by atoms with van der Waals surface area (Å²) in [6.45, 7) is 6.43. The minimum atomic E-state index is 0.988. The Hall–Kier alpha value is -2.74. The van der Waals surface area contributed by atoms with Crippen molar-refractivity contribution in [1.82, 2.24) is 9.13 Å². The maximum atomic E-state index is 2.43. The van der Waals surface area contributed by atoms with Gasteiger partial charge in [0.05, 0.1) is 0 Å². The SMILES string of the molecule is CCn1c2ccccc2c2cc3c(cc21)c1ccccc1n3CC. The van der Waals surface area contributed by atoms with Crippen LogP contribution in [0.5, 0.6) is 0 Å². The summed E-state index contributed by atoms with van der Waals surface area (Å²) in [5.74, 6) is 0. The number of para-hydroxylation sites is 2. The van der Waals surface area contributed by atoms with Crippen LogP contribution < -0.4 is 0 Å². The first-order valence-electron chi connectivity index (χ1n) is 8.75. The molecule has 0 aliphatic rings. The highest BCUT2D eigenvalue weighted by Crippen LogP contribution is 2.36. The largest absolute Gasteiger partial charge is 0.341 e. The molecule has 0 unspecified atom stereocenters. The summed E-state index contributed by atoms with van der Waals surface area (Å²) >= 11 is 0. The van der Waals surface area contributed by atoms with Gasteiger partial charge >= 0.3 is 0 Å². The lowest BCUT2D eigenvalue weighted by molar-refractivity contribution is 0.824. The molecule has 2 aromatic heterocycles. The second-order valence-electron chi connectivity index (χ2n) is 6.41. The van der Waals surface area contributed by atoms with Crippen LogP contribution in [0.4, 0.5) is 0 Å². The number of aryl methyl sites for hydroxylation is 2. The fourth-order valence-corrected chi connectivity index (χ4v) is 4.27. The number of hydrogen-bond acceptors (Lipinski definition) is 0. The number of fused-ring (bicyclic) bond motifs is 6. The molecule has 0 bridgehead atoms. The highest BCUT2D eigenvalue weighted by molar-refractivity contribution is 6.17. The first-order chi connectivity index (χ1) is 11.8. The quantitative estimate of drug-likeness (QED) is 0.381. The van der Waals surface area contributed by atoms with Crippen molar-refractivity contribution in [2.24, 2.45) is 0 Å². The first kappa shape index (κ1) is 13.7. The Bertz CT molecular complexity index is 1120. The molecule has 0 saturated carbocycles. The lowest BCUT2D eigenvalue weighted by Gasteiger charge is -2.04. The van der Waals surface area contributed by atoms with Crippen molar-refractivity contribution in [3.8, 4) is 0 Å². The summed E-state index contributed by atoms with van der Waals surface area (Å²) in [4.78, 5) is 0. The second kappa shape index (κ2) is 4.88. The van der Waals surface area contributed by atoms with Crippen molar-refractivity contribution in [3.63, 3.8) is 0 Å². The minimum absolute atomic E-state index is 0.988. The molecule has 0 aliphatic heterocycles. The average molecular weight is 312 g/mol. The third kappa shape index (κ3) is 1.60. The van der Waals surface area contributed by atoms with Gasteiger partial charge in [0.1, 0.15) is 0 Å². The Labute approximate surface area is 140 Å². The zero-order valence-corrected chi connectivity index (χ0v) is 14.1. The van der Waals surface area contributed by atoms with Gasteiger partial charge in [-0.1, -0.05) is 36.4 Å². The van der Waals surface area contributed by atoms with E-state index in [0.29, 0.717) is 0 Å². The zero-order chi connectivity index (χ0) is 16.3. The molecule has 0 amide bonds. The Balaban J connectivity index is 2.07. The van der Waals surface area contributed by atoms with Gasteiger partial charge < -0.3 is 9.13 Å². The van der Waals surface area contributed by atoms with E-state index in [1.807, 2.05) is 0 Å². The van der Waals surface area contributed by atoms with Crippen LogP contribution in [0.3, 0.4) is 0 Å². The van der Waals surface area contributed by atoms with Gasteiger partial charge in [-0.05, 0) is 38.1 Å². The summed E-state index contributed by atoms with van der Waals surface area (Å²) in [6.07, 6.45) is 0. The van der Waals surface area contributed by atoms with Crippen molar-refractivity contribution in [2.45, 2.75) is 26.9 Å². The van der Waals surface area contributed by atoms with Gasteiger partial charge in [-0.25, -0.2) is 0 Å². The van der Waals surface area contributed by atoms with Gasteiger partial charge in [0.15, 0.2) is 0 Å². The number of nitrogens with zero attached hydrogens (tertiary/aromatic N) is 2. The summed E-state index contributed by atoms with van der Waals surface area (Å²) in [7, 11) is 0. The van der Waals surface area contributed by atoms with Crippen molar-refractivity contribution < 1.29 is 0 Å². The number of rotatable bonds is 2. The van der Waals surface area contributed by atoms with E-state index in [1.54, 1.807) is 0 Å². The summed E-state index contributed by atoms with van der Waals surface area (Å²) in [5, 5.41) is 5.42. The Morgan fingerprint density at radius 2 is 0.958 bits per heavy atom. The highest BCUT2D eigenvalue weighted by Gasteiger charge is 2.15. The topological polar surface area (TPSA) is 9.86 Å². The van der Waals surface area contributed by atoms with E-state index in [0.717, 1.165) is 13.1 Å². The van der Waals surface area contributed by atoms with Crippen LogP contribution in [-0.2, 0) is 13.1 Å². The molecule has 0 saturated heterocycles. The molecule has 5 aromatic rings. The van der Waals surface area contributed by atoms with Crippen LogP contribution in [0.1, 0.15) is 13.8 Å². The van der Waals surface area contributed by atoms with Crippen LogP contribution in [-0.4, -0.2) is 9.13 Å². The molecule has 2 nitrogen and oxygen atoms in total. The Kier molecular flexibility index (Phi) is 2.78. The molecule has 0 atom stereocenters. The third-order valence-electron chi connectivity index (χ3n) is 5.30. The molecule has 0 N–H and O–H groups in total. The van der Waals surface area contributed by atoms with Crippen molar-refractivity contribution in [2.75, 3.05) is 0 Å². The van der Waals surface area contributed by atoms with Gasteiger partial charge in [0, 0.05) is 56.7 Å². The summed E-state index contributed by atoms with van der Waals surface area (Å²) < 4.78 is 4.87. The molecule has 5 rings (SSSR count). The normalized spacial score (nSPS) is 12.1. The van der Waals surface area contributed by atoms with Gasteiger partial charge in [-0.3, -0.25) is 0 Å². The molecule has 0 radical (unpaired) electrons. The van der Waals surface area contributed by atoms with E-state index >= 15 is 0 Å². The molecule has 0 fully saturated rings. The smallest absolute Gasteiger partial charge is 0.0499 e. The van der Waals surface area contributed by atoms with Crippen LogP contribution in [0.15, 0.2) is 60.7 Å². The van der Waals surface area contributed by atoms with E-state index in [9.17, 15) is 0 Å². The van der Waals surface area contributed by atoms with Gasteiger partial charge in [-0.2, -0.15) is 0 Å². The molecule has 3 aromatic carbocycles. The van der Waals surface area contributed by atoms with Crippen LogP contribution in [0.25, 0.3) is 43.6 Å². The van der Waals surface area contributed by atoms with E-state index < -0.39 is 0 Å². The number of hydrogen-bond donors (Lipinski definition) is 0. The molecule has 2 heteroatoms. The zero-order valence-electron chi connectivity index (χ0n) is 14.1. The second-order valence-corrected chi connectivity index (χ2v) is 6.41. The first-order valence-corrected chi connectivity index (χ1v) is 8.75. The molecule has 0 spiro atoms. The number of benzene rings is 3. The maximum absolute atomic E-state index is 2.43. The lowest BCUT2D eigenvalue weighted by atomic mass is 10.1. The van der Waals surface area contributed by atoms with Crippen molar-refractivity contribution >= 4 is 43.6 Å². The molecule has 24 heavy (non-hydrogen) atoms. The molecular weight excluding hydrogens is 292 g/mol. The third-order valence-corrected chi connectivity index (χ3v) is 5.30. The molecule has 118 valence electrons. The maximum Gasteiger partial charge on any atom is 0.0499 e. The van der Waals surface area contributed by atoms with Crippen molar-refractivity contribution in [1.29, 1.82) is 0 Å². The van der Waals surface area contributed by atoms with E-state index in [1.165, 1.54) is 43.6 Å². The van der Waals surface area contributed by atoms with E-state index in [4.69, 9.17) is 0 Å². The summed E-state index contributed by atoms with van der Waals surface area (Å²) in [6, 6.07) is 22.3. The van der Waals surface area contributed by atoms with Gasteiger partial charge in [0.25, 0.3) is 0 Å². The van der Waals surface area contributed by atoms with Gasteiger partial charge in [-0.15, -0.1) is 0 Å². The summed E-state index contributed by atoms with van der Waals surface area (Å²) in [5.41, 5.74) is 5.33. The molecule has 2 heterocycles.